The number of nitrogens with one attached hydrogen (secondary N) is 1. The van der Waals surface area contributed by atoms with Crippen molar-refractivity contribution in [2.75, 3.05) is 11.9 Å². The molecule has 2 heterocycles. The number of hydrogen-bond donors (Lipinski definition) is 2. The van der Waals surface area contributed by atoms with Gasteiger partial charge in [0, 0.05) is 37.7 Å². The average molecular weight is 276 g/mol. The molecule has 0 spiro atoms. The molecule has 0 aliphatic rings. The predicted octanol–water partition coefficient (Wildman–Crippen LogP) is 2.05. The third-order valence-corrected chi connectivity index (χ3v) is 3.04. The number of hydrogen-bond acceptors (Lipinski definition) is 4. The van der Waals surface area contributed by atoms with Crippen molar-refractivity contribution in [1.29, 1.82) is 5.41 Å². The van der Waals surface area contributed by atoms with Gasteiger partial charge in [0.15, 0.2) is 0 Å². The van der Waals surface area contributed by atoms with Crippen LogP contribution in [0.15, 0.2) is 36.8 Å². The fraction of sp³-hybridized carbons (Fsp3) is 0.154. The largest absolute Gasteiger partial charge is 0.384 e. The first-order valence-electron chi connectivity index (χ1n) is 5.68. The molecule has 0 atom stereocenters. The van der Waals surface area contributed by atoms with Crippen molar-refractivity contribution >= 4 is 23.3 Å². The number of pyridine rings is 2. The molecule has 5 nitrogen and oxygen atoms in total. The van der Waals surface area contributed by atoms with Crippen molar-refractivity contribution in [3.05, 3.63) is 52.9 Å². The van der Waals surface area contributed by atoms with E-state index in [9.17, 15) is 0 Å². The minimum Gasteiger partial charge on any atom is -0.384 e. The molecule has 2 rings (SSSR count). The van der Waals surface area contributed by atoms with Crippen LogP contribution in [-0.2, 0) is 6.54 Å². The zero-order chi connectivity index (χ0) is 13.8. The lowest BCUT2D eigenvalue weighted by Crippen LogP contribution is -2.20. The van der Waals surface area contributed by atoms with Gasteiger partial charge in [-0.1, -0.05) is 17.7 Å². The number of amidine groups is 1. The van der Waals surface area contributed by atoms with Crippen LogP contribution in [0.2, 0.25) is 5.02 Å². The monoisotopic (exact) mass is 275 g/mol. The van der Waals surface area contributed by atoms with Crippen LogP contribution in [0.3, 0.4) is 0 Å². The molecule has 3 N–H and O–H groups in total. The van der Waals surface area contributed by atoms with Crippen molar-refractivity contribution < 1.29 is 0 Å². The molecule has 2 aromatic heterocycles. The van der Waals surface area contributed by atoms with Crippen LogP contribution in [0, 0.1) is 5.41 Å². The number of anilines is 1. The molecule has 0 fully saturated rings. The standard InChI is InChI=1S/C13H14ClN5/c1-19(8-9-3-2-5-17-7-9)13-11(14)10(12(15)16)4-6-18-13/h2-7H,8H2,1H3,(H3,15,16). The van der Waals surface area contributed by atoms with Gasteiger partial charge in [-0.25, -0.2) is 4.98 Å². The highest BCUT2D eigenvalue weighted by atomic mass is 35.5. The Morgan fingerprint density at radius 3 is 2.84 bits per heavy atom. The predicted molar refractivity (Wildman–Crippen MR) is 76.6 cm³/mol. The number of halogens is 1. The first kappa shape index (κ1) is 13.3. The lowest BCUT2D eigenvalue weighted by molar-refractivity contribution is 0.891. The molecule has 0 amide bonds. The summed E-state index contributed by atoms with van der Waals surface area (Å²) in [6, 6.07) is 5.49. The fourth-order valence-electron chi connectivity index (χ4n) is 1.75. The van der Waals surface area contributed by atoms with E-state index in [1.165, 1.54) is 0 Å². The number of rotatable bonds is 4. The normalized spacial score (nSPS) is 10.2. The Morgan fingerprint density at radius 2 is 2.21 bits per heavy atom. The molecule has 0 aromatic carbocycles. The third-order valence-electron chi connectivity index (χ3n) is 2.67. The summed E-state index contributed by atoms with van der Waals surface area (Å²) in [4.78, 5) is 10.2. The molecule has 2 aromatic rings. The van der Waals surface area contributed by atoms with Gasteiger partial charge in [0.1, 0.15) is 11.7 Å². The van der Waals surface area contributed by atoms with E-state index in [-0.39, 0.29) is 5.84 Å². The number of aromatic nitrogens is 2. The maximum absolute atomic E-state index is 7.47. The minimum absolute atomic E-state index is 0.0663. The lowest BCUT2D eigenvalue weighted by Gasteiger charge is -2.20. The zero-order valence-electron chi connectivity index (χ0n) is 10.5. The summed E-state index contributed by atoms with van der Waals surface area (Å²) in [7, 11) is 1.88. The second-order valence-electron chi connectivity index (χ2n) is 4.13. The number of nitrogens with zero attached hydrogens (tertiary/aromatic N) is 3. The zero-order valence-corrected chi connectivity index (χ0v) is 11.2. The minimum atomic E-state index is -0.0663. The second-order valence-corrected chi connectivity index (χ2v) is 4.51. The van der Waals surface area contributed by atoms with Crippen LogP contribution in [0.5, 0.6) is 0 Å². The molecule has 0 radical (unpaired) electrons. The van der Waals surface area contributed by atoms with E-state index in [2.05, 4.69) is 9.97 Å². The van der Waals surface area contributed by atoms with E-state index in [1.54, 1.807) is 24.7 Å². The van der Waals surface area contributed by atoms with Crippen molar-refractivity contribution in [2.45, 2.75) is 6.54 Å². The van der Waals surface area contributed by atoms with E-state index in [0.29, 0.717) is 22.9 Å². The van der Waals surface area contributed by atoms with Crippen LogP contribution < -0.4 is 10.6 Å². The molecule has 0 saturated carbocycles. The van der Waals surface area contributed by atoms with Gasteiger partial charge in [0.25, 0.3) is 0 Å². The Labute approximate surface area is 116 Å². The van der Waals surface area contributed by atoms with E-state index in [4.69, 9.17) is 22.7 Å². The first-order chi connectivity index (χ1) is 9.09. The second kappa shape index (κ2) is 5.67. The molecule has 6 heteroatoms. The molecular weight excluding hydrogens is 262 g/mol. The first-order valence-corrected chi connectivity index (χ1v) is 6.06. The van der Waals surface area contributed by atoms with Crippen LogP contribution in [0.1, 0.15) is 11.1 Å². The van der Waals surface area contributed by atoms with Gasteiger partial charge < -0.3 is 10.6 Å². The molecule has 0 aliphatic carbocycles. The summed E-state index contributed by atoms with van der Waals surface area (Å²) in [5.41, 5.74) is 7.02. The van der Waals surface area contributed by atoms with Crippen LogP contribution >= 0.6 is 11.6 Å². The van der Waals surface area contributed by atoms with E-state index < -0.39 is 0 Å². The van der Waals surface area contributed by atoms with E-state index >= 15 is 0 Å². The average Bonchev–Trinajstić information content (AvgIpc) is 2.39. The van der Waals surface area contributed by atoms with Gasteiger partial charge in [-0.15, -0.1) is 0 Å². The summed E-state index contributed by atoms with van der Waals surface area (Å²) in [5, 5.41) is 7.86. The lowest BCUT2D eigenvalue weighted by atomic mass is 10.2. The quantitative estimate of drug-likeness (QED) is 0.661. The fourth-order valence-corrected chi connectivity index (χ4v) is 2.11. The topological polar surface area (TPSA) is 78.9 Å². The van der Waals surface area contributed by atoms with Crippen LogP contribution in [0.4, 0.5) is 5.82 Å². The molecule has 0 bridgehead atoms. The summed E-state index contributed by atoms with van der Waals surface area (Å²) in [6.45, 7) is 0.627. The Balaban J connectivity index is 2.27. The van der Waals surface area contributed by atoms with Crippen molar-refractivity contribution in [2.24, 2.45) is 5.73 Å². The van der Waals surface area contributed by atoms with Gasteiger partial charge in [0.2, 0.25) is 0 Å². The molecular formula is C13H14ClN5. The highest BCUT2D eigenvalue weighted by Crippen LogP contribution is 2.26. The van der Waals surface area contributed by atoms with Gasteiger partial charge in [-0.3, -0.25) is 10.4 Å². The van der Waals surface area contributed by atoms with Crippen molar-refractivity contribution in [1.82, 2.24) is 9.97 Å². The Hall–Kier alpha value is -2.14. The highest BCUT2D eigenvalue weighted by Gasteiger charge is 2.13. The van der Waals surface area contributed by atoms with Crippen LogP contribution in [0.25, 0.3) is 0 Å². The maximum Gasteiger partial charge on any atom is 0.148 e. The smallest absolute Gasteiger partial charge is 0.148 e. The summed E-state index contributed by atoms with van der Waals surface area (Å²) >= 11 is 6.22. The molecule has 0 saturated heterocycles. The number of nitrogens with two attached hydrogens (primary N) is 1. The van der Waals surface area contributed by atoms with Crippen LogP contribution in [-0.4, -0.2) is 22.9 Å². The Kier molecular flexibility index (Phi) is 3.97. The molecule has 0 unspecified atom stereocenters. The van der Waals surface area contributed by atoms with Gasteiger partial charge >= 0.3 is 0 Å². The molecule has 19 heavy (non-hydrogen) atoms. The SMILES string of the molecule is CN(Cc1cccnc1)c1nccc(C(=N)N)c1Cl. The third kappa shape index (κ3) is 3.00. The van der Waals surface area contributed by atoms with Gasteiger partial charge in [-0.05, 0) is 17.7 Å². The molecule has 98 valence electrons. The van der Waals surface area contributed by atoms with Gasteiger partial charge in [0.05, 0.1) is 5.02 Å². The summed E-state index contributed by atoms with van der Waals surface area (Å²) in [6.07, 6.45) is 5.11. The Bertz CT molecular complexity index is 585. The molecule has 0 aliphatic heterocycles. The van der Waals surface area contributed by atoms with Gasteiger partial charge in [-0.2, -0.15) is 0 Å². The summed E-state index contributed by atoms with van der Waals surface area (Å²) < 4.78 is 0. The van der Waals surface area contributed by atoms with E-state index in [1.807, 2.05) is 24.1 Å². The maximum atomic E-state index is 7.47. The Morgan fingerprint density at radius 1 is 1.42 bits per heavy atom. The van der Waals surface area contributed by atoms with Crippen molar-refractivity contribution in [3.63, 3.8) is 0 Å². The highest BCUT2D eigenvalue weighted by molar-refractivity contribution is 6.36. The van der Waals surface area contributed by atoms with Crippen molar-refractivity contribution in [3.8, 4) is 0 Å². The van der Waals surface area contributed by atoms with E-state index in [0.717, 1.165) is 5.56 Å². The summed E-state index contributed by atoms with van der Waals surface area (Å²) in [5.74, 6) is 0.529. The number of nitrogen functional groups attached to an aromatic ring is 1.